The second kappa shape index (κ2) is 3.70. The van der Waals surface area contributed by atoms with Crippen LogP contribution in [0.3, 0.4) is 0 Å². The van der Waals surface area contributed by atoms with E-state index < -0.39 is 0 Å². The van der Waals surface area contributed by atoms with Crippen molar-refractivity contribution >= 4 is 18.1 Å². The summed E-state index contributed by atoms with van der Waals surface area (Å²) in [5.41, 5.74) is 2.39. The van der Waals surface area contributed by atoms with Gasteiger partial charge in [-0.3, -0.25) is 5.01 Å². The molecule has 14 heavy (non-hydrogen) atoms. The Morgan fingerprint density at radius 1 is 1.36 bits per heavy atom. The van der Waals surface area contributed by atoms with Gasteiger partial charge in [-0.2, -0.15) is 5.10 Å². The van der Waals surface area contributed by atoms with Crippen LogP contribution >= 0.6 is 0 Å². The largest absolute Gasteiger partial charge is 0.370 e. The standard InChI is InChI=1S/C11H15N3/c1-12-13(2)10-6-3-4-7-11(10)14-8-5-9-14/h3-4,6-7H,1,5,8-9H2,2H3. The molecule has 0 unspecified atom stereocenters. The summed E-state index contributed by atoms with van der Waals surface area (Å²) in [6, 6.07) is 8.30. The minimum absolute atomic E-state index is 1.13. The molecule has 3 nitrogen and oxygen atoms in total. The van der Waals surface area contributed by atoms with E-state index in [2.05, 4.69) is 34.9 Å². The van der Waals surface area contributed by atoms with Crippen LogP contribution in [-0.2, 0) is 0 Å². The summed E-state index contributed by atoms with van der Waals surface area (Å²) < 4.78 is 0. The normalized spacial score (nSPS) is 14.8. The number of hydrazone groups is 1. The fourth-order valence-corrected chi connectivity index (χ4v) is 1.64. The van der Waals surface area contributed by atoms with E-state index in [1.165, 1.54) is 12.1 Å². The molecule has 1 heterocycles. The predicted octanol–water partition coefficient (Wildman–Crippen LogP) is 1.95. The first-order chi connectivity index (χ1) is 6.83. The fraction of sp³-hybridized carbons (Fsp3) is 0.364. The fourth-order valence-electron chi connectivity index (χ4n) is 1.64. The Morgan fingerprint density at radius 3 is 2.64 bits per heavy atom. The highest BCUT2D eigenvalue weighted by atomic mass is 15.4. The Balaban J connectivity index is 2.32. The van der Waals surface area contributed by atoms with Gasteiger partial charge in [0, 0.05) is 26.9 Å². The van der Waals surface area contributed by atoms with Crippen molar-refractivity contribution in [3.63, 3.8) is 0 Å². The molecule has 0 N–H and O–H groups in total. The van der Waals surface area contributed by atoms with E-state index in [4.69, 9.17) is 0 Å². The molecule has 1 aromatic carbocycles. The highest BCUT2D eigenvalue weighted by molar-refractivity contribution is 5.71. The number of hydrogen-bond donors (Lipinski definition) is 0. The van der Waals surface area contributed by atoms with Gasteiger partial charge in [0.25, 0.3) is 0 Å². The molecule has 1 aliphatic heterocycles. The minimum Gasteiger partial charge on any atom is -0.370 e. The van der Waals surface area contributed by atoms with Crippen molar-refractivity contribution in [2.24, 2.45) is 5.10 Å². The highest BCUT2D eigenvalue weighted by Gasteiger charge is 2.18. The summed E-state index contributed by atoms with van der Waals surface area (Å²) in [6.45, 7) is 5.85. The molecule has 0 aromatic heterocycles. The van der Waals surface area contributed by atoms with Crippen molar-refractivity contribution in [2.45, 2.75) is 6.42 Å². The third-order valence-corrected chi connectivity index (χ3v) is 2.64. The van der Waals surface area contributed by atoms with E-state index >= 15 is 0 Å². The van der Waals surface area contributed by atoms with E-state index in [1.807, 2.05) is 18.1 Å². The molecular formula is C11H15N3. The maximum absolute atomic E-state index is 3.92. The van der Waals surface area contributed by atoms with E-state index in [0.29, 0.717) is 0 Å². The zero-order chi connectivity index (χ0) is 9.97. The molecule has 0 saturated carbocycles. The van der Waals surface area contributed by atoms with E-state index in [1.54, 1.807) is 0 Å². The van der Waals surface area contributed by atoms with Crippen LogP contribution in [0.1, 0.15) is 6.42 Å². The Labute approximate surface area is 84.6 Å². The van der Waals surface area contributed by atoms with Gasteiger partial charge >= 0.3 is 0 Å². The first-order valence-electron chi connectivity index (χ1n) is 4.87. The van der Waals surface area contributed by atoms with Gasteiger partial charge in [-0.1, -0.05) is 12.1 Å². The topological polar surface area (TPSA) is 18.8 Å². The lowest BCUT2D eigenvalue weighted by Crippen LogP contribution is -2.37. The zero-order valence-electron chi connectivity index (χ0n) is 8.48. The van der Waals surface area contributed by atoms with Gasteiger partial charge in [0.2, 0.25) is 0 Å². The lowest BCUT2D eigenvalue weighted by molar-refractivity contribution is 0.617. The summed E-state index contributed by atoms with van der Waals surface area (Å²) in [4.78, 5) is 2.36. The lowest BCUT2D eigenvalue weighted by Gasteiger charge is -2.35. The van der Waals surface area contributed by atoms with Crippen LogP contribution in [0.15, 0.2) is 29.4 Å². The summed E-state index contributed by atoms with van der Waals surface area (Å²) in [5.74, 6) is 0. The Kier molecular flexibility index (Phi) is 2.39. The average Bonchev–Trinajstić information content (AvgIpc) is 2.15. The van der Waals surface area contributed by atoms with E-state index in [-0.39, 0.29) is 0 Å². The molecule has 1 saturated heterocycles. The smallest absolute Gasteiger partial charge is 0.0823 e. The van der Waals surface area contributed by atoms with Crippen molar-refractivity contribution in [1.82, 2.24) is 0 Å². The summed E-state index contributed by atoms with van der Waals surface area (Å²) >= 11 is 0. The molecular weight excluding hydrogens is 174 g/mol. The van der Waals surface area contributed by atoms with Crippen molar-refractivity contribution in [3.05, 3.63) is 24.3 Å². The number of rotatable bonds is 3. The number of nitrogens with zero attached hydrogens (tertiary/aromatic N) is 3. The van der Waals surface area contributed by atoms with E-state index in [9.17, 15) is 0 Å². The molecule has 2 rings (SSSR count). The Morgan fingerprint density at radius 2 is 2.07 bits per heavy atom. The van der Waals surface area contributed by atoms with Crippen LogP contribution in [0.4, 0.5) is 11.4 Å². The van der Waals surface area contributed by atoms with Crippen LogP contribution in [0.2, 0.25) is 0 Å². The first-order valence-corrected chi connectivity index (χ1v) is 4.87. The molecule has 0 spiro atoms. The molecule has 0 radical (unpaired) electrons. The SMILES string of the molecule is C=NN(C)c1ccccc1N1CCC1. The first kappa shape index (κ1) is 9.06. The molecule has 1 aliphatic rings. The quantitative estimate of drug-likeness (QED) is 0.534. The van der Waals surface area contributed by atoms with Crippen molar-refractivity contribution < 1.29 is 0 Å². The van der Waals surface area contributed by atoms with Gasteiger partial charge in [0.05, 0.1) is 11.4 Å². The van der Waals surface area contributed by atoms with Gasteiger partial charge in [-0.05, 0) is 18.6 Å². The number of anilines is 2. The summed E-state index contributed by atoms with van der Waals surface area (Å²) in [7, 11) is 1.92. The molecule has 0 amide bonds. The maximum Gasteiger partial charge on any atom is 0.0823 e. The van der Waals surface area contributed by atoms with Crippen molar-refractivity contribution in [2.75, 3.05) is 30.0 Å². The van der Waals surface area contributed by atoms with Gasteiger partial charge in [0.1, 0.15) is 0 Å². The molecule has 0 bridgehead atoms. The third-order valence-electron chi connectivity index (χ3n) is 2.64. The zero-order valence-corrected chi connectivity index (χ0v) is 8.48. The average molecular weight is 189 g/mol. The second-order valence-electron chi connectivity index (χ2n) is 3.49. The van der Waals surface area contributed by atoms with Crippen LogP contribution in [0.5, 0.6) is 0 Å². The minimum atomic E-state index is 1.13. The lowest BCUT2D eigenvalue weighted by atomic mass is 10.1. The molecule has 3 heteroatoms. The van der Waals surface area contributed by atoms with Gasteiger partial charge < -0.3 is 4.90 Å². The van der Waals surface area contributed by atoms with Crippen LogP contribution in [0.25, 0.3) is 0 Å². The molecule has 0 atom stereocenters. The van der Waals surface area contributed by atoms with Crippen LogP contribution in [0, 0.1) is 0 Å². The van der Waals surface area contributed by atoms with Crippen LogP contribution < -0.4 is 9.91 Å². The highest BCUT2D eigenvalue weighted by Crippen LogP contribution is 2.31. The van der Waals surface area contributed by atoms with Crippen molar-refractivity contribution in [3.8, 4) is 0 Å². The van der Waals surface area contributed by atoms with E-state index in [0.717, 1.165) is 18.8 Å². The number of hydrogen-bond acceptors (Lipinski definition) is 3. The number of benzene rings is 1. The van der Waals surface area contributed by atoms with Gasteiger partial charge in [-0.25, -0.2) is 0 Å². The Hall–Kier alpha value is -1.51. The second-order valence-corrected chi connectivity index (χ2v) is 3.49. The van der Waals surface area contributed by atoms with Gasteiger partial charge in [0.15, 0.2) is 0 Å². The van der Waals surface area contributed by atoms with Crippen molar-refractivity contribution in [1.29, 1.82) is 0 Å². The maximum atomic E-state index is 3.92. The van der Waals surface area contributed by atoms with Gasteiger partial charge in [-0.15, -0.1) is 0 Å². The predicted molar refractivity (Wildman–Crippen MR) is 61.2 cm³/mol. The third kappa shape index (κ3) is 1.45. The number of para-hydroxylation sites is 2. The molecule has 1 fully saturated rings. The molecule has 74 valence electrons. The summed E-state index contributed by atoms with van der Waals surface area (Å²) in [6.07, 6.45) is 1.29. The Bertz CT molecular complexity index is 331. The molecule has 1 aromatic rings. The molecule has 0 aliphatic carbocycles. The summed E-state index contributed by atoms with van der Waals surface area (Å²) in [5, 5.41) is 5.73. The van der Waals surface area contributed by atoms with Crippen LogP contribution in [-0.4, -0.2) is 26.9 Å². The monoisotopic (exact) mass is 189 g/mol.